The van der Waals surface area contributed by atoms with E-state index in [0.717, 1.165) is 6.07 Å². The Morgan fingerprint density at radius 1 is 1.26 bits per heavy atom. The first-order valence-electron chi connectivity index (χ1n) is 8.20. The number of nitrogens with zero attached hydrogens (tertiary/aromatic N) is 4. The fraction of sp³-hybridized carbons (Fsp3) is 0.235. The summed E-state index contributed by atoms with van der Waals surface area (Å²) in [5, 5.41) is 6.68. The van der Waals surface area contributed by atoms with Gasteiger partial charge >= 0.3 is 0 Å². The van der Waals surface area contributed by atoms with E-state index in [9.17, 15) is 17.6 Å². The van der Waals surface area contributed by atoms with Gasteiger partial charge in [-0.3, -0.25) is 4.79 Å². The summed E-state index contributed by atoms with van der Waals surface area (Å²) in [5.41, 5.74) is 0.947. The molecule has 140 valence electrons. The van der Waals surface area contributed by atoms with E-state index >= 15 is 0 Å². The number of hydrogen-bond donors (Lipinski definition) is 1. The van der Waals surface area contributed by atoms with Crippen LogP contribution in [0.25, 0.3) is 5.65 Å². The van der Waals surface area contributed by atoms with Crippen LogP contribution in [-0.2, 0) is 16.4 Å². The van der Waals surface area contributed by atoms with E-state index in [4.69, 9.17) is 0 Å². The van der Waals surface area contributed by atoms with E-state index in [1.165, 1.54) is 22.8 Å². The average Bonchev–Trinajstić information content (AvgIpc) is 3.03. The molecule has 1 aliphatic rings. The summed E-state index contributed by atoms with van der Waals surface area (Å²) in [4.78, 5) is 18.6. The number of fused-ring (bicyclic) bond motifs is 2. The number of nitrogens with one attached hydrogen (secondary N) is 1. The van der Waals surface area contributed by atoms with Gasteiger partial charge in [-0.1, -0.05) is 0 Å². The van der Waals surface area contributed by atoms with Gasteiger partial charge in [0, 0.05) is 26.3 Å². The average molecular weight is 389 g/mol. The zero-order valence-corrected chi connectivity index (χ0v) is 15.2. The van der Waals surface area contributed by atoms with Crippen LogP contribution in [0.2, 0.25) is 0 Å². The Morgan fingerprint density at radius 3 is 2.89 bits per heavy atom. The molecule has 0 fully saturated rings. The molecule has 4 rings (SSSR count). The molecule has 3 heterocycles. The second kappa shape index (κ2) is 6.31. The van der Waals surface area contributed by atoms with Gasteiger partial charge in [-0.15, -0.1) is 0 Å². The van der Waals surface area contributed by atoms with E-state index in [-0.39, 0.29) is 29.3 Å². The molecule has 2 aromatic heterocycles. The Labute approximate surface area is 154 Å². The minimum absolute atomic E-state index is 0.0494. The second-order valence-electron chi connectivity index (χ2n) is 6.30. The van der Waals surface area contributed by atoms with Gasteiger partial charge < -0.3 is 10.2 Å². The fourth-order valence-corrected chi connectivity index (χ4v) is 4.44. The van der Waals surface area contributed by atoms with Crippen molar-refractivity contribution < 1.29 is 17.6 Å². The monoisotopic (exact) mass is 389 g/mol. The van der Waals surface area contributed by atoms with Crippen LogP contribution < -0.4 is 10.2 Å². The van der Waals surface area contributed by atoms with Crippen LogP contribution >= 0.6 is 0 Å². The van der Waals surface area contributed by atoms with Crippen LogP contribution in [0, 0.1) is 5.82 Å². The molecular formula is C17H16FN5O3S. The van der Waals surface area contributed by atoms with Crippen molar-refractivity contribution in [3.8, 4) is 0 Å². The number of carbonyl (C=O) groups excluding carboxylic acids is 1. The van der Waals surface area contributed by atoms with Crippen molar-refractivity contribution in [2.75, 3.05) is 24.2 Å². The quantitative estimate of drug-likeness (QED) is 0.577. The highest BCUT2D eigenvalue weighted by molar-refractivity contribution is 7.91. The van der Waals surface area contributed by atoms with Crippen molar-refractivity contribution in [2.24, 2.45) is 0 Å². The first-order chi connectivity index (χ1) is 12.8. The molecule has 0 radical (unpaired) electrons. The molecular weight excluding hydrogens is 373 g/mol. The van der Waals surface area contributed by atoms with E-state index in [2.05, 4.69) is 15.4 Å². The van der Waals surface area contributed by atoms with E-state index in [1.54, 1.807) is 24.2 Å². The minimum atomic E-state index is -3.71. The lowest BCUT2D eigenvalue weighted by Crippen LogP contribution is -2.29. The maximum absolute atomic E-state index is 13.8. The van der Waals surface area contributed by atoms with Crippen LogP contribution in [-0.4, -0.2) is 48.3 Å². The number of amides is 1. The van der Waals surface area contributed by atoms with Gasteiger partial charge in [-0.25, -0.2) is 22.3 Å². The zero-order chi connectivity index (χ0) is 19.2. The Bertz CT molecular complexity index is 1160. The highest BCUT2D eigenvalue weighted by Gasteiger charge is 2.23. The molecule has 1 amide bonds. The van der Waals surface area contributed by atoms with Gasteiger partial charge in [0.15, 0.2) is 15.5 Å². The summed E-state index contributed by atoms with van der Waals surface area (Å²) in [6.07, 6.45) is 3.05. The first-order valence-corrected chi connectivity index (χ1v) is 9.85. The molecule has 0 saturated carbocycles. The maximum atomic E-state index is 13.8. The molecule has 2 bridgehead atoms. The van der Waals surface area contributed by atoms with Crippen molar-refractivity contribution in [2.45, 2.75) is 11.4 Å². The van der Waals surface area contributed by atoms with E-state index in [0.29, 0.717) is 17.0 Å². The molecule has 8 nitrogen and oxygen atoms in total. The SMILES string of the molecule is CN1Cc2cc(F)ccc2S(=O)(=O)CCNC(=O)c2cnn3ccc1nc23. The maximum Gasteiger partial charge on any atom is 0.256 e. The van der Waals surface area contributed by atoms with Gasteiger partial charge in [0.2, 0.25) is 0 Å². The molecule has 0 spiro atoms. The highest BCUT2D eigenvalue weighted by Crippen LogP contribution is 2.23. The van der Waals surface area contributed by atoms with Gasteiger partial charge in [0.1, 0.15) is 17.2 Å². The lowest BCUT2D eigenvalue weighted by molar-refractivity contribution is 0.0957. The number of carbonyl (C=O) groups is 1. The fourth-order valence-electron chi connectivity index (χ4n) is 3.05. The molecule has 1 N–H and O–H groups in total. The van der Waals surface area contributed by atoms with E-state index in [1.807, 2.05) is 0 Å². The smallest absolute Gasteiger partial charge is 0.256 e. The van der Waals surface area contributed by atoms with Crippen molar-refractivity contribution >= 4 is 27.2 Å². The predicted octanol–water partition coefficient (Wildman–Crippen LogP) is 1.02. The summed E-state index contributed by atoms with van der Waals surface area (Å²) < 4.78 is 40.7. The Hall–Kier alpha value is -3.01. The lowest BCUT2D eigenvalue weighted by atomic mass is 10.2. The number of halogens is 1. The van der Waals surface area contributed by atoms with Crippen LogP contribution in [0.5, 0.6) is 0 Å². The van der Waals surface area contributed by atoms with Crippen LogP contribution in [0.15, 0.2) is 41.6 Å². The van der Waals surface area contributed by atoms with Crippen LogP contribution in [0.4, 0.5) is 10.2 Å². The minimum Gasteiger partial charge on any atom is -0.355 e. The Morgan fingerprint density at radius 2 is 2.07 bits per heavy atom. The largest absolute Gasteiger partial charge is 0.355 e. The number of benzene rings is 1. The third-order valence-electron chi connectivity index (χ3n) is 4.41. The van der Waals surface area contributed by atoms with Crippen LogP contribution in [0.1, 0.15) is 15.9 Å². The number of aromatic nitrogens is 3. The summed E-state index contributed by atoms with van der Waals surface area (Å²) in [7, 11) is -1.99. The number of hydrogen-bond acceptors (Lipinski definition) is 6. The standard InChI is InChI=1S/C17H16FN5O3S/c1-22-10-11-8-12(18)2-3-14(11)27(25,26)7-5-19-17(24)13-9-20-23-6-4-15(22)21-16(13)23/h2-4,6,8-9H,5,7,10H2,1H3,(H,19,24). The Balaban J connectivity index is 1.88. The molecule has 10 heteroatoms. The van der Waals surface area contributed by atoms with Crippen molar-refractivity contribution in [1.82, 2.24) is 19.9 Å². The number of anilines is 1. The number of rotatable bonds is 0. The van der Waals surface area contributed by atoms with E-state index < -0.39 is 21.6 Å². The molecule has 27 heavy (non-hydrogen) atoms. The van der Waals surface area contributed by atoms with Gasteiger partial charge in [-0.2, -0.15) is 5.10 Å². The van der Waals surface area contributed by atoms with Crippen LogP contribution in [0.3, 0.4) is 0 Å². The predicted molar refractivity (Wildman–Crippen MR) is 95.9 cm³/mol. The summed E-state index contributed by atoms with van der Waals surface area (Å²) in [6.45, 7) is 0.0607. The highest BCUT2D eigenvalue weighted by atomic mass is 32.2. The molecule has 0 atom stereocenters. The molecule has 1 aliphatic heterocycles. The normalized spacial score (nSPS) is 17.0. The van der Waals surface area contributed by atoms with Gasteiger partial charge in [-0.05, 0) is 29.8 Å². The molecule has 0 aliphatic carbocycles. The van der Waals surface area contributed by atoms with Gasteiger partial charge in [0.25, 0.3) is 5.91 Å². The van der Waals surface area contributed by atoms with Crippen molar-refractivity contribution in [3.05, 3.63) is 53.6 Å². The molecule has 0 saturated heterocycles. The first kappa shape index (κ1) is 17.4. The second-order valence-corrected chi connectivity index (χ2v) is 8.37. The molecule has 3 aromatic rings. The van der Waals surface area contributed by atoms with Gasteiger partial charge in [0.05, 0.1) is 16.8 Å². The molecule has 1 aromatic carbocycles. The van der Waals surface area contributed by atoms with Crippen molar-refractivity contribution in [1.29, 1.82) is 0 Å². The Kier molecular flexibility index (Phi) is 4.06. The third kappa shape index (κ3) is 3.12. The summed E-state index contributed by atoms with van der Waals surface area (Å²) in [5.74, 6) is -0.761. The summed E-state index contributed by atoms with van der Waals surface area (Å²) in [6, 6.07) is 5.29. The topological polar surface area (TPSA) is 96.7 Å². The third-order valence-corrected chi connectivity index (χ3v) is 6.22. The number of sulfone groups is 1. The lowest BCUT2D eigenvalue weighted by Gasteiger charge is -2.20. The molecule has 0 unspecified atom stereocenters. The van der Waals surface area contributed by atoms with Crippen molar-refractivity contribution in [3.63, 3.8) is 0 Å². The zero-order valence-electron chi connectivity index (χ0n) is 14.4. The summed E-state index contributed by atoms with van der Waals surface area (Å²) >= 11 is 0.